The van der Waals surface area contributed by atoms with Gasteiger partial charge in [0, 0.05) is 37.9 Å². The van der Waals surface area contributed by atoms with Gasteiger partial charge >= 0.3 is 0 Å². The van der Waals surface area contributed by atoms with Crippen molar-refractivity contribution in [2.75, 3.05) is 31.6 Å². The van der Waals surface area contributed by atoms with Crippen molar-refractivity contribution in [2.45, 2.75) is 32.4 Å². The second-order valence-electron chi connectivity index (χ2n) is 5.23. The molecule has 18 heavy (non-hydrogen) atoms. The predicted octanol–water partition coefficient (Wildman–Crippen LogP) is 1.63. The van der Waals surface area contributed by atoms with Crippen LogP contribution < -0.4 is 10.6 Å². The number of nitrogens with two attached hydrogens (primary N) is 1. The fraction of sp³-hybridized carbons (Fsp3) is 0.643. The van der Waals surface area contributed by atoms with Crippen molar-refractivity contribution in [1.82, 2.24) is 9.88 Å². The number of hydrogen-bond donors (Lipinski definition) is 1. The number of rotatable bonds is 3. The molecule has 0 aliphatic carbocycles. The molecule has 1 aliphatic heterocycles. The van der Waals surface area contributed by atoms with Crippen LogP contribution in [0.3, 0.4) is 0 Å². The highest BCUT2D eigenvalue weighted by Crippen LogP contribution is 2.19. The summed E-state index contributed by atoms with van der Waals surface area (Å²) in [7, 11) is 2.21. The molecule has 2 heterocycles. The predicted molar refractivity (Wildman–Crippen MR) is 75.8 cm³/mol. The van der Waals surface area contributed by atoms with Crippen molar-refractivity contribution in [3.05, 3.63) is 23.9 Å². The Balaban J connectivity index is 2.07. The minimum Gasteiger partial charge on any atom is -0.354 e. The molecule has 1 unspecified atom stereocenters. The van der Waals surface area contributed by atoms with Crippen LogP contribution in [-0.2, 0) is 0 Å². The Kier molecular flexibility index (Phi) is 4.19. The van der Waals surface area contributed by atoms with E-state index in [2.05, 4.69) is 40.9 Å². The zero-order valence-corrected chi connectivity index (χ0v) is 11.6. The van der Waals surface area contributed by atoms with Gasteiger partial charge in [-0.3, -0.25) is 4.90 Å². The van der Waals surface area contributed by atoms with Crippen LogP contribution in [0.15, 0.2) is 18.3 Å². The van der Waals surface area contributed by atoms with Gasteiger partial charge in [-0.15, -0.1) is 0 Å². The molecule has 100 valence electrons. The fourth-order valence-corrected chi connectivity index (χ4v) is 2.45. The van der Waals surface area contributed by atoms with Crippen LogP contribution in [0.1, 0.15) is 31.9 Å². The van der Waals surface area contributed by atoms with Crippen molar-refractivity contribution < 1.29 is 0 Å². The molecule has 2 atom stereocenters. The molecule has 0 aromatic carbocycles. The molecule has 1 aliphatic rings. The van der Waals surface area contributed by atoms with Crippen LogP contribution in [0.4, 0.5) is 5.82 Å². The number of hydrogen-bond acceptors (Lipinski definition) is 4. The molecular weight excluding hydrogens is 224 g/mol. The van der Waals surface area contributed by atoms with E-state index >= 15 is 0 Å². The molecule has 1 aromatic rings. The molecule has 2 rings (SSSR count). The lowest BCUT2D eigenvalue weighted by Gasteiger charge is -2.39. The van der Waals surface area contributed by atoms with Crippen molar-refractivity contribution in [3.8, 4) is 0 Å². The average Bonchev–Trinajstić information content (AvgIpc) is 2.39. The highest BCUT2D eigenvalue weighted by atomic mass is 15.3. The van der Waals surface area contributed by atoms with E-state index < -0.39 is 0 Å². The van der Waals surface area contributed by atoms with Crippen LogP contribution in [0.25, 0.3) is 0 Å². The maximum Gasteiger partial charge on any atom is 0.128 e. The zero-order chi connectivity index (χ0) is 13.1. The standard InChI is InChI=1S/C14H24N4/c1-4-13-10-18(8-7-17(13)3)14-6-5-12(9-16-14)11(2)15/h5-6,9,11,13H,4,7-8,10,15H2,1-3H3/t11-,13?/m1/s1. The number of anilines is 1. The molecule has 0 radical (unpaired) electrons. The van der Waals surface area contributed by atoms with Crippen LogP contribution in [-0.4, -0.2) is 42.6 Å². The van der Waals surface area contributed by atoms with E-state index in [-0.39, 0.29) is 6.04 Å². The molecule has 1 aromatic heterocycles. The first-order valence-electron chi connectivity index (χ1n) is 6.78. The van der Waals surface area contributed by atoms with E-state index in [1.165, 1.54) is 6.42 Å². The van der Waals surface area contributed by atoms with Crippen LogP contribution in [0.5, 0.6) is 0 Å². The van der Waals surface area contributed by atoms with Crippen LogP contribution in [0.2, 0.25) is 0 Å². The molecule has 2 N–H and O–H groups in total. The Bertz CT molecular complexity index is 374. The zero-order valence-electron chi connectivity index (χ0n) is 11.6. The summed E-state index contributed by atoms with van der Waals surface area (Å²) >= 11 is 0. The van der Waals surface area contributed by atoms with E-state index in [1.54, 1.807) is 0 Å². The lowest BCUT2D eigenvalue weighted by molar-refractivity contribution is 0.213. The van der Waals surface area contributed by atoms with E-state index in [0.717, 1.165) is 31.0 Å². The Morgan fingerprint density at radius 3 is 2.78 bits per heavy atom. The van der Waals surface area contributed by atoms with Gasteiger partial charge in [0.15, 0.2) is 0 Å². The second-order valence-corrected chi connectivity index (χ2v) is 5.23. The van der Waals surface area contributed by atoms with E-state index in [0.29, 0.717) is 6.04 Å². The first-order chi connectivity index (χ1) is 8.61. The van der Waals surface area contributed by atoms with E-state index in [9.17, 15) is 0 Å². The molecule has 1 fully saturated rings. The van der Waals surface area contributed by atoms with Crippen molar-refractivity contribution in [3.63, 3.8) is 0 Å². The van der Waals surface area contributed by atoms with Gasteiger partial charge in [0.2, 0.25) is 0 Å². The van der Waals surface area contributed by atoms with E-state index in [4.69, 9.17) is 5.73 Å². The third kappa shape index (κ3) is 2.82. The summed E-state index contributed by atoms with van der Waals surface area (Å²) in [5.74, 6) is 1.07. The monoisotopic (exact) mass is 248 g/mol. The average molecular weight is 248 g/mol. The third-order valence-corrected chi connectivity index (χ3v) is 3.87. The first kappa shape index (κ1) is 13.3. The summed E-state index contributed by atoms with van der Waals surface area (Å²) in [6.45, 7) is 7.46. The van der Waals surface area contributed by atoms with Gasteiger partial charge < -0.3 is 10.6 Å². The Morgan fingerprint density at radius 2 is 2.22 bits per heavy atom. The lowest BCUT2D eigenvalue weighted by Crippen LogP contribution is -2.51. The minimum absolute atomic E-state index is 0.0578. The van der Waals surface area contributed by atoms with Crippen molar-refractivity contribution in [1.29, 1.82) is 0 Å². The topological polar surface area (TPSA) is 45.4 Å². The summed E-state index contributed by atoms with van der Waals surface area (Å²) in [5, 5.41) is 0. The molecule has 0 bridgehead atoms. The van der Waals surface area contributed by atoms with Crippen LogP contribution in [0, 0.1) is 0 Å². The normalized spacial score (nSPS) is 23.1. The maximum atomic E-state index is 5.84. The fourth-order valence-electron chi connectivity index (χ4n) is 2.45. The summed E-state index contributed by atoms with van der Waals surface area (Å²) < 4.78 is 0. The molecule has 0 saturated carbocycles. The quantitative estimate of drug-likeness (QED) is 0.883. The van der Waals surface area contributed by atoms with Gasteiger partial charge in [0.05, 0.1) is 0 Å². The summed E-state index contributed by atoms with van der Waals surface area (Å²) in [6, 6.07) is 4.87. The molecule has 4 nitrogen and oxygen atoms in total. The Hall–Kier alpha value is -1.13. The SMILES string of the molecule is CCC1CN(c2ccc([C@@H](C)N)cn2)CCN1C. The Labute approximate surface area is 110 Å². The summed E-state index contributed by atoms with van der Waals surface area (Å²) in [5.41, 5.74) is 6.94. The number of likely N-dealkylation sites (N-methyl/N-ethyl adjacent to an activating group) is 1. The van der Waals surface area contributed by atoms with Gasteiger partial charge in [0.25, 0.3) is 0 Å². The molecule has 1 saturated heterocycles. The molecule has 0 amide bonds. The molecule has 4 heteroatoms. The second kappa shape index (κ2) is 5.67. The van der Waals surface area contributed by atoms with Gasteiger partial charge in [-0.1, -0.05) is 13.0 Å². The number of pyridine rings is 1. The molecule has 0 spiro atoms. The van der Waals surface area contributed by atoms with Crippen LogP contribution >= 0.6 is 0 Å². The van der Waals surface area contributed by atoms with E-state index in [1.807, 2.05) is 13.1 Å². The van der Waals surface area contributed by atoms with Crippen molar-refractivity contribution in [2.24, 2.45) is 5.73 Å². The van der Waals surface area contributed by atoms with Gasteiger partial charge in [0.1, 0.15) is 5.82 Å². The molecular formula is C14H24N4. The Morgan fingerprint density at radius 1 is 1.44 bits per heavy atom. The summed E-state index contributed by atoms with van der Waals surface area (Å²) in [4.78, 5) is 9.36. The summed E-state index contributed by atoms with van der Waals surface area (Å²) in [6.07, 6.45) is 3.09. The first-order valence-corrected chi connectivity index (χ1v) is 6.78. The number of piperazine rings is 1. The number of aromatic nitrogens is 1. The van der Waals surface area contributed by atoms with Gasteiger partial charge in [-0.25, -0.2) is 4.98 Å². The highest BCUT2D eigenvalue weighted by Gasteiger charge is 2.23. The third-order valence-electron chi connectivity index (χ3n) is 3.87. The minimum atomic E-state index is 0.0578. The smallest absolute Gasteiger partial charge is 0.128 e. The lowest BCUT2D eigenvalue weighted by atomic mass is 10.1. The van der Waals surface area contributed by atoms with Gasteiger partial charge in [-0.2, -0.15) is 0 Å². The largest absolute Gasteiger partial charge is 0.354 e. The van der Waals surface area contributed by atoms with Crippen molar-refractivity contribution >= 4 is 5.82 Å². The number of nitrogens with zero attached hydrogens (tertiary/aromatic N) is 3. The maximum absolute atomic E-state index is 5.84. The van der Waals surface area contributed by atoms with Gasteiger partial charge in [-0.05, 0) is 32.0 Å². The highest BCUT2D eigenvalue weighted by molar-refractivity contribution is 5.40.